The van der Waals surface area contributed by atoms with E-state index < -0.39 is 0 Å². The average molecular weight is 343 g/mol. The van der Waals surface area contributed by atoms with Gasteiger partial charge in [0.2, 0.25) is 0 Å². The summed E-state index contributed by atoms with van der Waals surface area (Å²) in [6.45, 7) is 3.69. The molecular weight excluding hydrogens is 330 g/mol. The highest BCUT2D eigenvalue weighted by Gasteiger charge is 2.17. The SMILES string of the molecule is Cc1nn(C)c(C)c1C(=O)Nc1ccc(Cl)c(Br)c1. The Balaban J connectivity index is 2.28. The van der Waals surface area contributed by atoms with Crippen LogP contribution in [0, 0.1) is 13.8 Å². The molecule has 0 bridgehead atoms. The molecule has 4 nitrogen and oxygen atoms in total. The molecule has 0 aliphatic heterocycles. The molecule has 1 N–H and O–H groups in total. The maximum Gasteiger partial charge on any atom is 0.259 e. The largest absolute Gasteiger partial charge is 0.322 e. The van der Waals surface area contributed by atoms with E-state index in [-0.39, 0.29) is 5.91 Å². The van der Waals surface area contributed by atoms with Gasteiger partial charge in [0.05, 0.1) is 16.3 Å². The summed E-state index contributed by atoms with van der Waals surface area (Å²) in [5.74, 6) is -0.169. The van der Waals surface area contributed by atoms with Gasteiger partial charge in [-0.15, -0.1) is 0 Å². The van der Waals surface area contributed by atoms with Crippen molar-refractivity contribution in [3.63, 3.8) is 0 Å². The maximum absolute atomic E-state index is 12.3. The highest BCUT2D eigenvalue weighted by Crippen LogP contribution is 2.26. The van der Waals surface area contributed by atoms with Gasteiger partial charge in [0.15, 0.2) is 0 Å². The molecule has 2 rings (SSSR count). The van der Waals surface area contributed by atoms with Crippen LogP contribution in [-0.4, -0.2) is 15.7 Å². The van der Waals surface area contributed by atoms with E-state index in [1.807, 2.05) is 20.9 Å². The second kappa shape index (κ2) is 5.35. The fourth-order valence-corrected chi connectivity index (χ4v) is 2.37. The van der Waals surface area contributed by atoms with Crippen LogP contribution in [-0.2, 0) is 7.05 Å². The van der Waals surface area contributed by atoms with Gasteiger partial charge in [-0.3, -0.25) is 9.48 Å². The summed E-state index contributed by atoms with van der Waals surface area (Å²) < 4.78 is 2.44. The van der Waals surface area contributed by atoms with Gasteiger partial charge in [-0.2, -0.15) is 5.10 Å². The van der Waals surface area contributed by atoms with Gasteiger partial charge in [0.1, 0.15) is 0 Å². The van der Waals surface area contributed by atoms with Gasteiger partial charge in [0, 0.05) is 22.9 Å². The van der Waals surface area contributed by atoms with E-state index in [1.54, 1.807) is 22.9 Å². The Morgan fingerprint density at radius 1 is 1.42 bits per heavy atom. The summed E-state index contributed by atoms with van der Waals surface area (Å²) in [6, 6.07) is 5.25. The number of nitrogens with one attached hydrogen (secondary N) is 1. The summed E-state index contributed by atoms with van der Waals surface area (Å²) in [7, 11) is 1.82. The molecule has 0 fully saturated rings. The number of aryl methyl sites for hydroxylation is 2. The number of carbonyl (C=O) groups is 1. The summed E-state index contributed by atoms with van der Waals surface area (Å²) in [6.07, 6.45) is 0. The molecule has 100 valence electrons. The number of nitrogens with zero attached hydrogens (tertiary/aromatic N) is 2. The molecule has 0 spiro atoms. The quantitative estimate of drug-likeness (QED) is 0.904. The average Bonchev–Trinajstić information content (AvgIpc) is 2.58. The number of rotatable bonds is 2. The Hall–Kier alpha value is -1.33. The first-order valence-electron chi connectivity index (χ1n) is 5.66. The van der Waals surface area contributed by atoms with Gasteiger partial charge in [-0.1, -0.05) is 11.6 Å². The number of halogens is 2. The van der Waals surface area contributed by atoms with Crippen LogP contribution in [0.5, 0.6) is 0 Å². The van der Waals surface area contributed by atoms with Crippen molar-refractivity contribution in [2.24, 2.45) is 7.05 Å². The Bertz CT molecular complexity index is 652. The first kappa shape index (κ1) is 14.1. The number of hydrogen-bond donors (Lipinski definition) is 1. The van der Waals surface area contributed by atoms with Crippen molar-refractivity contribution < 1.29 is 4.79 Å². The van der Waals surface area contributed by atoms with Crippen molar-refractivity contribution in [2.45, 2.75) is 13.8 Å². The fourth-order valence-electron chi connectivity index (χ4n) is 1.87. The lowest BCUT2D eigenvalue weighted by molar-refractivity contribution is 0.102. The van der Waals surface area contributed by atoms with Gasteiger partial charge < -0.3 is 5.32 Å². The Kier molecular flexibility index (Phi) is 3.96. The molecule has 6 heteroatoms. The third kappa shape index (κ3) is 2.82. The molecule has 1 amide bonds. The van der Waals surface area contributed by atoms with Crippen LogP contribution in [0.1, 0.15) is 21.7 Å². The normalized spacial score (nSPS) is 10.6. The number of aromatic nitrogens is 2. The van der Waals surface area contributed by atoms with Crippen LogP contribution >= 0.6 is 27.5 Å². The van der Waals surface area contributed by atoms with Gasteiger partial charge >= 0.3 is 0 Å². The van der Waals surface area contributed by atoms with Gasteiger partial charge in [-0.25, -0.2) is 0 Å². The smallest absolute Gasteiger partial charge is 0.259 e. The van der Waals surface area contributed by atoms with Gasteiger partial charge in [0.25, 0.3) is 5.91 Å². The Morgan fingerprint density at radius 2 is 2.11 bits per heavy atom. The maximum atomic E-state index is 12.3. The van der Waals surface area contributed by atoms with Crippen LogP contribution in [0.3, 0.4) is 0 Å². The lowest BCUT2D eigenvalue weighted by Crippen LogP contribution is -2.14. The topological polar surface area (TPSA) is 46.9 Å². The second-order valence-corrected chi connectivity index (χ2v) is 5.51. The van der Waals surface area contributed by atoms with Crippen LogP contribution in [0.2, 0.25) is 5.02 Å². The van der Waals surface area contributed by atoms with Crippen molar-refractivity contribution in [3.8, 4) is 0 Å². The van der Waals surface area contributed by atoms with Crippen molar-refractivity contribution in [2.75, 3.05) is 5.32 Å². The minimum atomic E-state index is -0.169. The van der Waals surface area contributed by atoms with E-state index in [0.717, 1.165) is 10.2 Å². The molecule has 1 aromatic heterocycles. The molecule has 0 radical (unpaired) electrons. The minimum absolute atomic E-state index is 0.169. The zero-order chi connectivity index (χ0) is 14.2. The third-order valence-electron chi connectivity index (χ3n) is 2.91. The monoisotopic (exact) mass is 341 g/mol. The number of hydrogen-bond acceptors (Lipinski definition) is 2. The lowest BCUT2D eigenvalue weighted by Gasteiger charge is -2.07. The highest BCUT2D eigenvalue weighted by atomic mass is 79.9. The predicted molar refractivity (Wildman–Crippen MR) is 79.8 cm³/mol. The first-order valence-corrected chi connectivity index (χ1v) is 6.84. The standard InChI is InChI=1S/C13H13BrClN3O/c1-7-12(8(2)18(3)17-7)13(19)16-9-4-5-11(15)10(14)6-9/h4-6H,1-3H3,(H,16,19). The fraction of sp³-hybridized carbons (Fsp3) is 0.231. The number of amides is 1. The molecule has 2 aromatic rings. The summed E-state index contributed by atoms with van der Waals surface area (Å²) in [5.41, 5.74) is 2.84. The van der Waals surface area contributed by atoms with E-state index in [1.165, 1.54) is 0 Å². The molecule has 0 atom stereocenters. The van der Waals surface area contributed by atoms with Crippen LogP contribution in [0.25, 0.3) is 0 Å². The van der Waals surface area contributed by atoms with E-state index in [9.17, 15) is 4.79 Å². The molecule has 1 aromatic carbocycles. The number of benzene rings is 1. The summed E-state index contributed by atoms with van der Waals surface area (Å²) >= 11 is 9.24. The zero-order valence-electron chi connectivity index (χ0n) is 10.8. The van der Waals surface area contributed by atoms with E-state index >= 15 is 0 Å². The highest BCUT2D eigenvalue weighted by molar-refractivity contribution is 9.10. The Morgan fingerprint density at radius 3 is 2.63 bits per heavy atom. The van der Waals surface area contributed by atoms with Crippen LogP contribution in [0.4, 0.5) is 5.69 Å². The Labute approximate surface area is 124 Å². The predicted octanol–water partition coefficient (Wildman–Crippen LogP) is 3.71. The van der Waals surface area contributed by atoms with Crippen molar-refractivity contribution in [1.82, 2.24) is 9.78 Å². The van der Waals surface area contributed by atoms with Gasteiger partial charge in [-0.05, 0) is 48.0 Å². The van der Waals surface area contributed by atoms with Crippen LogP contribution < -0.4 is 5.32 Å². The summed E-state index contributed by atoms with van der Waals surface area (Å²) in [4.78, 5) is 12.3. The van der Waals surface area contributed by atoms with Crippen LogP contribution in [0.15, 0.2) is 22.7 Å². The molecule has 19 heavy (non-hydrogen) atoms. The minimum Gasteiger partial charge on any atom is -0.322 e. The first-order chi connectivity index (χ1) is 8.90. The zero-order valence-corrected chi connectivity index (χ0v) is 13.1. The molecular formula is C13H13BrClN3O. The number of anilines is 1. The second-order valence-electron chi connectivity index (χ2n) is 4.25. The third-order valence-corrected chi connectivity index (χ3v) is 4.13. The van der Waals surface area contributed by atoms with E-state index in [4.69, 9.17) is 11.6 Å². The van der Waals surface area contributed by atoms with Crippen molar-refractivity contribution >= 4 is 39.1 Å². The van der Waals surface area contributed by atoms with Crippen molar-refractivity contribution in [3.05, 3.63) is 44.6 Å². The van der Waals surface area contributed by atoms with Crippen molar-refractivity contribution in [1.29, 1.82) is 0 Å². The number of carbonyl (C=O) groups excluding carboxylic acids is 1. The summed E-state index contributed by atoms with van der Waals surface area (Å²) in [5, 5.41) is 7.67. The van der Waals surface area contributed by atoms with E-state index in [2.05, 4.69) is 26.3 Å². The lowest BCUT2D eigenvalue weighted by atomic mass is 10.2. The molecule has 0 saturated heterocycles. The molecule has 1 heterocycles. The molecule has 0 saturated carbocycles. The van der Waals surface area contributed by atoms with E-state index in [0.29, 0.717) is 22.0 Å². The molecule has 0 aliphatic carbocycles. The molecule has 0 unspecified atom stereocenters. The molecule has 0 aliphatic rings.